The van der Waals surface area contributed by atoms with Crippen LogP contribution in [0.1, 0.15) is 45.1 Å². The molecular formula is C16H26N2S. The zero-order valence-corrected chi connectivity index (χ0v) is 13.0. The Morgan fingerprint density at radius 1 is 1.32 bits per heavy atom. The highest BCUT2D eigenvalue weighted by atomic mass is 32.2. The van der Waals surface area contributed by atoms with E-state index >= 15 is 0 Å². The van der Waals surface area contributed by atoms with Crippen molar-refractivity contribution >= 4 is 17.4 Å². The first kappa shape index (κ1) is 14.7. The molecule has 1 aromatic carbocycles. The molecule has 0 aliphatic carbocycles. The van der Waals surface area contributed by atoms with E-state index in [2.05, 4.69) is 36.9 Å². The van der Waals surface area contributed by atoms with Gasteiger partial charge in [-0.25, -0.2) is 0 Å². The maximum atomic E-state index is 6.03. The summed E-state index contributed by atoms with van der Waals surface area (Å²) in [5, 5.41) is 0. The summed E-state index contributed by atoms with van der Waals surface area (Å²) in [7, 11) is 0. The van der Waals surface area contributed by atoms with Crippen molar-refractivity contribution in [3.8, 4) is 0 Å². The maximum absolute atomic E-state index is 6.03. The number of rotatable bonds is 4. The Morgan fingerprint density at radius 2 is 2.16 bits per heavy atom. The van der Waals surface area contributed by atoms with Crippen molar-refractivity contribution < 1.29 is 0 Å². The van der Waals surface area contributed by atoms with Crippen LogP contribution in [0.2, 0.25) is 0 Å². The monoisotopic (exact) mass is 278 g/mol. The minimum atomic E-state index is 0.634. The molecule has 0 amide bonds. The zero-order valence-electron chi connectivity index (χ0n) is 12.2. The fourth-order valence-corrected chi connectivity index (χ4v) is 3.80. The number of nitrogens with zero attached hydrogens (tertiary/aromatic N) is 1. The quantitative estimate of drug-likeness (QED) is 0.843. The second-order valence-electron chi connectivity index (χ2n) is 5.28. The third-order valence-electron chi connectivity index (χ3n) is 3.97. The molecule has 19 heavy (non-hydrogen) atoms. The Kier molecular flexibility index (Phi) is 5.59. The molecule has 0 aromatic heterocycles. The lowest BCUT2D eigenvalue weighted by Crippen LogP contribution is -2.33. The predicted octanol–water partition coefficient (Wildman–Crippen LogP) is 4.03. The van der Waals surface area contributed by atoms with Gasteiger partial charge in [0.2, 0.25) is 0 Å². The molecule has 2 N–H and O–H groups in total. The Hall–Kier alpha value is -0.670. The lowest BCUT2D eigenvalue weighted by atomic mass is 10.1. The average molecular weight is 278 g/mol. The number of hydrogen-bond donors (Lipinski definition) is 1. The van der Waals surface area contributed by atoms with E-state index in [4.69, 9.17) is 5.73 Å². The molecule has 1 heterocycles. The van der Waals surface area contributed by atoms with E-state index in [1.54, 1.807) is 0 Å². The van der Waals surface area contributed by atoms with Crippen molar-refractivity contribution in [3.05, 3.63) is 23.8 Å². The van der Waals surface area contributed by atoms with E-state index in [9.17, 15) is 0 Å². The lowest BCUT2D eigenvalue weighted by molar-refractivity contribution is 0.613. The molecule has 1 fully saturated rings. The highest BCUT2D eigenvalue weighted by molar-refractivity contribution is 7.99. The van der Waals surface area contributed by atoms with Gasteiger partial charge < -0.3 is 10.6 Å². The molecule has 1 aromatic rings. The van der Waals surface area contributed by atoms with E-state index in [0.717, 1.165) is 5.75 Å². The van der Waals surface area contributed by atoms with Gasteiger partial charge in [0.05, 0.1) is 0 Å². The van der Waals surface area contributed by atoms with Crippen molar-refractivity contribution in [1.82, 2.24) is 0 Å². The van der Waals surface area contributed by atoms with Crippen LogP contribution in [-0.2, 0) is 6.54 Å². The molecule has 2 rings (SSSR count). The number of nitrogens with two attached hydrogens (primary N) is 1. The fourth-order valence-electron chi connectivity index (χ4n) is 2.95. The third kappa shape index (κ3) is 3.46. The summed E-state index contributed by atoms with van der Waals surface area (Å²) in [6.45, 7) is 6.37. The molecule has 0 radical (unpaired) electrons. The standard InChI is InChI=1S/C16H26N2S/c1-3-19-16-10-7-9-15(14(16)12-17)18-11-6-4-5-8-13(18)2/h7,9-10,13H,3-6,8,11-12,17H2,1-2H3. The third-order valence-corrected chi connectivity index (χ3v) is 4.96. The Morgan fingerprint density at radius 3 is 2.89 bits per heavy atom. The summed E-state index contributed by atoms with van der Waals surface area (Å²) in [4.78, 5) is 3.94. The fraction of sp³-hybridized carbons (Fsp3) is 0.625. The van der Waals surface area contributed by atoms with Crippen LogP contribution in [0.25, 0.3) is 0 Å². The van der Waals surface area contributed by atoms with Crippen LogP contribution in [0, 0.1) is 0 Å². The van der Waals surface area contributed by atoms with E-state index in [1.165, 1.54) is 48.4 Å². The topological polar surface area (TPSA) is 29.3 Å². The van der Waals surface area contributed by atoms with E-state index in [0.29, 0.717) is 12.6 Å². The summed E-state index contributed by atoms with van der Waals surface area (Å²) in [6.07, 6.45) is 5.33. The van der Waals surface area contributed by atoms with Gasteiger partial charge in [-0.15, -0.1) is 11.8 Å². The van der Waals surface area contributed by atoms with Crippen LogP contribution >= 0.6 is 11.8 Å². The van der Waals surface area contributed by atoms with E-state index in [-0.39, 0.29) is 0 Å². The summed E-state index contributed by atoms with van der Waals surface area (Å²) in [5.41, 5.74) is 8.74. The molecule has 106 valence electrons. The summed E-state index contributed by atoms with van der Waals surface area (Å²) in [5.74, 6) is 1.10. The first-order chi connectivity index (χ1) is 9.27. The van der Waals surface area contributed by atoms with Crippen molar-refractivity contribution in [3.63, 3.8) is 0 Å². The smallest absolute Gasteiger partial charge is 0.0425 e. The van der Waals surface area contributed by atoms with Crippen molar-refractivity contribution in [2.45, 2.75) is 57.0 Å². The van der Waals surface area contributed by atoms with Gasteiger partial charge in [0.1, 0.15) is 0 Å². The molecule has 0 spiro atoms. The minimum absolute atomic E-state index is 0.634. The van der Waals surface area contributed by atoms with Gasteiger partial charge in [-0.05, 0) is 37.7 Å². The van der Waals surface area contributed by atoms with Crippen LogP contribution in [-0.4, -0.2) is 18.3 Å². The van der Waals surface area contributed by atoms with E-state index < -0.39 is 0 Å². The Bertz CT molecular complexity index is 406. The normalized spacial score (nSPS) is 20.4. The van der Waals surface area contributed by atoms with E-state index in [1.807, 2.05) is 11.8 Å². The predicted molar refractivity (Wildman–Crippen MR) is 86.0 cm³/mol. The maximum Gasteiger partial charge on any atom is 0.0425 e. The minimum Gasteiger partial charge on any atom is -0.369 e. The molecule has 1 aliphatic heterocycles. The highest BCUT2D eigenvalue weighted by Gasteiger charge is 2.20. The van der Waals surface area contributed by atoms with Gasteiger partial charge in [0, 0.05) is 35.3 Å². The number of anilines is 1. The molecule has 0 saturated carbocycles. The average Bonchev–Trinajstić information content (AvgIpc) is 2.63. The van der Waals surface area contributed by atoms with Crippen LogP contribution in [0.5, 0.6) is 0 Å². The van der Waals surface area contributed by atoms with Crippen LogP contribution in [0.4, 0.5) is 5.69 Å². The van der Waals surface area contributed by atoms with Crippen molar-refractivity contribution in [1.29, 1.82) is 0 Å². The van der Waals surface area contributed by atoms with Crippen LogP contribution < -0.4 is 10.6 Å². The summed E-state index contributed by atoms with van der Waals surface area (Å²) in [6, 6.07) is 7.28. The van der Waals surface area contributed by atoms with Gasteiger partial charge in [0.15, 0.2) is 0 Å². The molecule has 1 atom stereocenters. The summed E-state index contributed by atoms with van der Waals surface area (Å²) >= 11 is 1.90. The van der Waals surface area contributed by atoms with Crippen molar-refractivity contribution in [2.75, 3.05) is 17.2 Å². The second-order valence-corrected chi connectivity index (χ2v) is 6.59. The first-order valence-corrected chi connectivity index (χ1v) is 8.47. The van der Waals surface area contributed by atoms with Crippen LogP contribution in [0.3, 0.4) is 0 Å². The molecule has 2 nitrogen and oxygen atoms in total. The van der Waals surface area contributed by atoms with Gasteiger partial charge in [-0.3, -0.25) is 0 Å². The van der Waals surface area contributed by atoms with Crippen LogP contribution in [0.15, 0.2) is 23.1 Å². The molecular weight excluding hydrogens is 252 g/mol. The van der Waals surface area contributed by atoms with Gasteiger partial charge in [0.25, 0.3) is 0 Å². The van der Waals surface area contributed by atoms with Gasteiger partial charge in [-0.2, -0.15) is 0 Å². The molecule has 3 heteroatoms. The zero-order chi connectivity index (χ0) is 13.7. The molecule has 0 bridgehead atoms. The number of hydrogen-bond acceptors (Lipinski definition) is 3. The first-order valence-electron chi connectivity index (χ1n) is 7.49. The molecule has 1 aliphatic rings. The van der Waals surface area contributed by atoms with Gasteiger partial charge >= 0.3 is 0 Å². The number of thioether (sulfide) groups is 1. The Labute approximate surface area is 121 Å². The highest BCUT2D eigenvalue weighted by Crippen LogP contribution is 2.33. The SMILES string of the molecule is CCSc1cccc(N2CCCCCC2C)c1CN. The number of benzene rings is 1. The Balaban J connectivity index is 2.33. The molecule has 1 unspecified atom stereocenters. The molecule has 1 saturated heterocycles. The second kappa shape index (κ2) is 7.20. The summed E-state index contributed by atoms with van der Waals surface area (Å²) < 4.78 is 0. The largest absolute Gasteiger partial charge is 0.369 e. The van der Waals surface area contributed by atoms with Gasteiger partial charge in [-0.1, -0.05) is 25.8 Å². The lowest BCUT2D eigenvalue weighted by Gasteiger charge is -2.32. The van der Waals surface area contributed by atoms with Crippen molar-refractivity contribution in [2.24, 2.45) is 5.73 Å².